The van der Waals surface area contributed by atoms with Gasteiger partial charge in [-0.05, 0) is 56.4 Å². The molecule has 0 bridgehead atoms. The van der Waals surface area contributed by atoms with Gasteiger partial charge in [0.2, 0.25) is 0 Å². The molecule has 0 saturated heterocycles. The van der Waals surface area contributed by atoms with Gasteiger partial charge in [-0.15, -0.1) is 0 Å². The van der Waals surface area contributed by atoms with Crippen LogP contribution in [0.4, 0.5) is 5.82 Å². The molecule has 29 heavy (non-hydrogen) atoms. The minimum Gasteiger partial charge on any atom is -0.497 e. The smallest absolute Gasteiger partial charge is 0.270 e. The van der Waals surface area contributed by atoms with Gasteiger partial charge in [-0.3, -0.25) is 4.79 Å². The molecule has 7 heteroatoms. The van der Waals surface area contributed by atoms with Crippen molar-refractivity contribution in [3.8, 4) is 11.5 Å². The van der Waals surface area contributed by atoms with Gasteiger partial charge in [0.05, 0.1) is 13.7 Å². The predicted molar refractivity (Wildman–Crippen MR) is 113 cm³/mol. The second-order valence-corrected chi connectivity index (χ2v) is 6.85. The second-order valence-electron chi connectivity index (χ2n) is 6.85. The average Bonchev–Trinajstić information content (AvgIpc) is 2.78. The predicted octanol–water partition coefficient (Wildman–Crippen LogP) is 3.60. The van der Waals surface area contributed by atoms with Crippen molar-refractivity contribution in [2.75, 3.05) is 32.1 Å². The first-order valence-corrected chi connectivity index (χ1v) is 10.0. The van der Waals surface area contributed by atoms with E-state index in [0.29, 0.717) is 24.7 Å². The van der Waals surface area contributed by atoms with Crippen molar-refractivity contribution in [1.82, 2.24) is 15.3 Å². The van der Waals surface area contributed by atoms with E-state index < -0.39 is 0 Å². The van der Waals surface area contributed by atoms with Gasteiger partial charge >= 0.3 is 0 Å². The molecule has 2 N–H and O–H groups in total. The zero-order valence-corrected chi connectivity index (χ0v) is 16.8. The number of nitrogens with one attached hydrogen (secondary N) is 2. The van der Waals surface area contributed by atoms with Crippen LogP contribution in [0.3, 0.4) is 0 Å². The molecule has 1 aliphatic rings. The zero-order chi connectivity index (χ0) is 20.3. The molecule has 7 nitrogen and oxygen atoms in total. The van der Waals surface area contributed by atoms with Gasteiger partial charge < -0.3 is 20.1 Å². The molecular formula is C22H28N4O3. The summed E-state index contributed by atoms with van der Waals surface area (Å²) in [7, 11) is 1.62. The molecule has 1 heterocycles. The molecule has 0 atom stereocenters. The van der Waals surface area contributed by atoms with E-state index in [4.69, 9.17) is 9.47 Å². The van der Waals surface area contributed by atoms with Crippen molar-refractivity contribution in [3.63, 3.8) is 0 Å². The molecule has 1 aromatic carbocycles. The number of ether oxygens (including phenoxy) is 2. The number of methoxy groups -OCH3 is 1. The SMILES string of the molecule is COc1ccc(OCCNC(=O)c2cc(NCCC3=CCCCC3)ncn2)cc1. The fourth-order valence-electron chi connectivity index (χ4n) is 3.16. The highest BCUT2D eigenvalue weighted by Crippen LogP contribution is 2.20. The lowest BCUT2D eigenvalue weighted by molar-refractivity contribution is 0.0942. The third-order valence-electron chi connectivity index (χ3n) is 4.75. The molecule has 0 radical (unpaired) electrons. The first kappa shape index (κ1) is 20.6. The Morgan fingerprint density at radius 2 is 1.93 bits per heavy atom. The molecule has 154 valence electrons. The van der Waals surface area contributed by atoms with Crippen LogP contribution in [0.5, 0.6) is 11.5 Å². The van der Waals surface area contributed by atoms with Crippen molar-refractivity contribution in [2.24, 2.45) is 0 Å². The summed E-state index contributed by atoms with van der Waals surface area (Å²) in [4.78, 5) is 20.6. The monoisotopic (exact) mass is 396 g/mol. The van der Waals surface area contributed by atoms with Gasteiger partial charge in [-0.25, -0.2) is 9.97 Å². The normalized spacial score (nSPS) is 13.3. The minimum absolute atomic E-state index is 0.247. The fraction of sp³-hybridized carbons (Fsp3) is 0.409. The maximum absolute atomic E-state index is 12.3. The van der Waals surface area contributed by atoms with E-state index >= 15 is 0 Å². The van der Waals surface area contributed by atoms with Gasteiger partial charge in [0.1, 0.15) is 35.9 Å². The van der Waals surface area contributed by atoms with Gasteiger partial charge in [-0.2, -0.15) is 0 Å². The van der Waals surface area contributed by atoms with E-state index in [1.165, 1.54) is 37.6 Å². The summed E-state index contributed by atoms with van der Waals surface area (Å²) in [6.45, 7) is 1.55. The summed E-state index contributed by atoms with van der Waals surface area (Å²) in [6, 6.07) is 8.98. The quantitative estimate of drug-likeness (QED) is 0.471. The zero-order valence-electron chi connectivity index (χ0n) is 16.8. The lowest BCUT2D eigenvalue weighted by atomic mass is 9.97. The van der Waals surface area contributed by atoms with E-state index in [-0.39, 0.29) is 5.91 Å². The van der Waals surface area contributed by atoms with Crippen LogP contribution in [-0.2, 0) is 0 Å². The highest BCUT2D eigenvalue weighted by molar-refractivity contribution is 5.92. The molecule has 3 rings (SSSR count). The molecule has 1 aromatic heterocycles. The largest absolute Gasteiger partial charge is 0.497 e. The van der Waals surface area contributed by atoms with E-state index in [0.717, 1.165) is 24.5 Å². The summed E-state index contributed by atoms with van der Waals surface area (Å²) in [5, 5.41) is 6.09. The van der Waals surface area contributed by atoms with Gasteiger partial charge in [0.15, 0.2) is 0 Å². The van der Waals surface area contributed by atoms with Crippen molar-refractivity contribution in [2.45, 2.75) is 32.1 Å². The van der Waals surface area contributed by atoms with Crippen LogP contribution in [0.25, 0.3) is 0 Å². The van der Waals surface area contributed by atoms with Crippen LogP contribution in [-0.4, -0.2) is 42.7 Å². The van der Waals surface area contributed by atoms with E-state index in [1.807, 2.05) is 24.3 Å². The summed E-state index contributed by atoms with van der Waals surface area (Å²) < 4.78 is 10.7. The molecule has 1 amide bonds. The van der Waals surface area contributed by atoms with Crippen LogP contribution in [0.2, 0.25) is 0 Å². The van der Waals surface area contributed by atoms with Crippen LogP contribution < -0.4 is 20.1 Å². The number of hydrogen-bond acceptors (Lipinski definition) is 6. The summed E-state index contributed by atoms with van der Waals surface area (Å²) in [6.07, 6.45) is 9.72. The van der Waals surface area contributed by atoms with Gasteiger partial charge in [0, 0.05) is 12.6 Å². The number of allylic oxidation sites excluding steroid dienone is 1. The molecule has 1 aliphatic carbocycles. The number of carbonyl (C=O) groups excluding carboxylic acids is 1. The number of aromatic nitrogens is 2. The molecule has 2 aromatic rings. The van der Waals surface area contributed by atoms with Gasteiger partial charge in [-0.1, -0.05) is 11.6 Å². The average molecular weight is 396 g/mol. The Morgan fingerprint density at radius 1 is 1.10 bits per heavy atom. The Labute approximate surface area is 171 Å². The standard InChI is InChI=1S/C22H28N4O3/c1-28-18-7-9-19(10-8-18)29-14-13-24-22(27)20-15-21(26-16-25-20)23-12-11-17-5-3-2-4-6-17/h5,7-10,15-16H,2-4,6,11-14H2,1H3,(H,24,27)(H,23,25,26). The van der Waals surface area contributed by atoms with Crippen molar-refractivity contribution >= 4 is 11.7 Å². The highest BCUT2D eigenvalue weighted by atomic mass is 16.5. The van der Waals surface area contributed by atoms with E-state index in [2.05, 4.69) is 26.7 Å². The Balaban J connectivity index is 1.39. The number of nitrogens with zero attached hydrogens (tertiary/aromatic N) is 2. The van der Waals surface area contributed by atoms with Crippen molar-refractivity contribution in [1.29, 1.82) is 0 Å². The summed E-state index contributed by atoms with van der Waals surface area (Å²) in [5.74, 6) is 1.91. The maximum Gasteiger partial charge on any atom is 0.270 e. The van der Waals surface area contributed by atoms with Crippen molar-refractivity contribution < 1.29 is 14.3 Å². The third kappa shape index (κ3) is 6.78. The number of carbonyl (C=O) groups is 1. The van der Waals surface area contributed by atoms with Crippen LogP contribution in [0.15, 0.2) is 48.3 Å². The lowest BCUT2D eigenvalue weighted by Gasteiger charge is -2.13. The fourth-order valence-corrected chi connectivity index (χ4v) is 3.16. The Bertz CT molecular complexity index is 821. The first-order valence-electron chi connectivity index (χ1n) is 10.0. The number of hydrogen-bond donors (Lipinski definition) is 2. The van der Waals surface area contributed by atoms with Crippen molar-refractivity contribution in [3.05, 3.63) is 54.0 Å². The van der Waals surface area contributed by atoms with E-state index in [1.54, 1.807) is 13.2 Å². The minimum atomic E-state index is -0.247. The molecule has 0 fully saturated rings. The van der Waals surface area contributed by atoms with Crippen LogP contribution >= 0.6 is 0 Å². The van der Waals surface area contributed by atoms with Gasteiger partial charge in [0.25, 0.3) is 5.91 Å². The molecule has 0 saturated carbocycles. The lowest BCUT2D eigenvalue weighted by Crippen LogP contribution is -2.29. The number of benzene rings is 1. The Kier molecular flexibility index (Phi) is 7.86. The molecule has 0 spiro atoms. The molecular weight excluding hydrogens is 368 g/mol. The summed E-state index contributed by atoms with van der Waals surface area (Å²) >= 11 is 0. The molecule has 0 unspecified atom stereocenters. The topological polar surface area (TPSA) is 85.4 Å². The third-order valence-corrected chi connectivity index (χ3v) is 4.75. The number of rotatable bonds is 10. The second kappa shape index (κ2) is 11.0. The van der Waals surface area contributed by atoms with Crippen LogP contribution in [0.1, 0.15) is 42.6 Å². The summed E-state index contributed by atoms with van der Waals surface area (Å²) in [5.41, 5.74) is 1.84. The maximum atomic E-state index is 12.3. The highest BCUT2D eigenvalue weighted by Gasteiger charge is 2.09. The Hall–Kier alpha value is -3.09. The first-order chi connectivity index (χ1) is 14.2. The van der Waals surface area contributed by atoms with E-state index in [9.17, 15) is 4.79 Å². The molecule has 0 aliphatic heterocycles. The number of amides is 1. The van der Waals surface area contributed by atoms with Crippen LogP contribution in [0, 0.1) is 0 Å². The Morgan fingerprint density at radius 3 is 2.69 bits per heavy atom. The number of anilines is 1.